The van der Waals surface area contributed by atoms with Crippen LogP contribution in [0.25, 0.3) is 0 Å². The van der Waals surface area contributed by atoms with Gasteiger partial charge in [0, 0.05) is 17.7 Å². The first-order valence-corrected chi connectivity index (χ1v) is 8.63. The number of nitriles is 1. The summed E-state index contributed by atoms with van der Waals surface area (Å²) in [5.74, 6) is 1.35. The van der Waals surface area contributed by atoms with Gasteiger partial charge in [-0.25, -0.2) is 0 Å². The van der Waals surface area contributed by atoms with Crippen LogP contribution < -0.4 is 14.8 Å². The molecule has 2 aromatic carbocycles. The summed E-state index contributed by atoms with van der Waals surface area (Å²) in [4.78, 5) is 12.3. The maximum absolute atomic E-state index is 12.3. The molecule has 1 amide bonds. The molecule has 1 aliphatic rings. The van der Waals surface area contributed by atoms with E-state index in [1.54, 1.807) is 14.2 Å². The van der Waals surface area contributed by atoms with Gasteiger partial charge in [-0.3, -0.25) is 4.79 Å². The molecule has 1 saturated carbocycles. The number of benzene rings is 2. The molecule has 0 bridgehead atoms. The number of nitrogens with one attached hydrogen (secondary N) is 1. The van der Waals surface area contributed by atoms with E-state index in [0.29, 0.717) is 24.3 Å². The highest BCUT2D eigenvalue weighted by Crippen LogP contribution is 2.47. The highest BCUT2D eigenvalue weighted by atomic mass is 16.5. The normalized spacial score (nSPS) is 14.2. The van der Waals surface area contributed by atoms with Crippen LogP contribution in [0.3, 0.4) is 0 Å². The average molecular weight is 350 g/mol. The summed E-state index contributed by atoms with van der Waals surface area (Å²) < 4.78 is 10.7. The fraction of sp³-hybridized carbons (Fsp3) is 0.333. The molecule has 0 aliphatic heterocycles. The minimum atomic E-state index is -0.303. The van der Waals surface area contributed by atoms with Gasteiger partial charge in [0.2, 0.25) is 5.91 Å². The number of methoxy groups -OCH3 is 2. The maximum atomic E-state index is 12.3. The van der Waals surface area contributed by atoms with E-state index in [2.05, 4.69) is 11.4 Å². The number of ether oxygens (including phenoxy) is 2. The van der Waals surface area contributed by atoms with Gasteiger partial charge in [-0.1, -0.05) is 18.2 Å². The Hall–Kier alpha value is -3.00. The summed E-state index contributed by atoms with van der Waals surface area (Å²) >= 11 is 0. The first-order chi connectivity index (χ1) is 12.6. The summed E-state index contributed by atoms with van der Waals surface area (Å²) in [7, 11) is 3.21. The minimum absolute atomic E-state index is 0.0767. The van der Waals surface area contributed by atoms with Gasteiger partial charge < -0.3 is 14.8 Å². The van der Waals surface area contributed by atoms with E-state index < -0.39 is 0 Å². The Labute approximate surface area is 153 Å². The fourth-order valence-electron chi connectivity index (χ4n) is 3.10. The molecular weight excluding hydrogens is 328 g/mol. The first kappa shape index (κ1) is 17.8. The Bertz CT molecular complexity index is 811. The van der Waals surface area contributed by atoms with Crippen LogP contribution in [0.1, 0.15) is 30.4 Å². The van der Waals surface area contributed by atoms with Crippen molar-refractivity contribution in [1.82, 2.24) is 0 Å². The maximum Gasteiger partial charge on any atom is 0.224 e. The predicted octanol–water partition coefficient (Wildman–Crippen LogP) is 3.83. The molecule has 1 fully saturated rings. The van der Waals surface area contributed by atoms with E-state index in [1.807, 2.05) is 42.5 Å². The second-order valence-corrected chi connectivity index (χ2v) is 6.46. The molecule has 3 rings (SSSR count). The van der Waals surface area contributed by atoms with Gasteiger partial charge in [-0.15, -0.1) is 0 Å². The fourth-order valence-corrected chi connectivity index (χ4v) is 3.10. The molecule has 1 aliphatic carbocycles. The molecule has 0 unspecified atom stereocenters. The standard InChI is InChI=1S/C21H22N2O3/c1-25-18-4-3-5-19(26-2)17(18)10-11-20(24)23-16-8-6-15(7-9-16)21(14-22)12-13-21/h3-9H,10-13H2,1-2H3,(H,23,24). The zero-order chi connectivity index (χ0) is 18.6. The van der Waals surface area contributed by atoms with Crippen molar-refractivity contribution < 1.29 is 14.3 Å². The third-order valence-corrected chi connectivity index (χ3v) is 4.82. The van der Waals surface area contributed by atoms with E-state index in [0.717, 1.165) is 29.7 Å². The second-order valence-electron chi connectivity index (χ2n) is 6.46. The van der Waals surface area contributed by atoms with Crippen molar-refractivity contribution in [1.29, 1.82) is 5.26 Å². The van der Waals surface area contributed by atoms with Gasteiger partial charge in [0.05, 0.1) is 25.7 Å². The van der Waals surface area contributed by atoms with Crippen LogP contribution in [0.5, 0.6) is 11.5 Å². The lowest BCUT2D eigenvalue weighted by Gasteiger charge is -2.13. The first-order valence-electron chi connectivity index (χ1n) is 8.63. The van der Waals surface area contributed by atoms with Gasteiger partial charge in [-0.2, -0.15) is 5.26 Å². The molecule has 5 nitrogen and oxygen atoms in total. The highest BCUT2D eigenvalue weighted by Gasteiger charge is 2.44. The zero-order valence-electron chi connectivity index (χ0n) is 15.0. The van der Waals surface area contributed by atoms with Crippen molar-refractivity contribution in [3.8, 4) is 17.6 Å². The van der Waals surface area contributed by atoms with E-state index >= 15 is 0 Å². The quantitative estimate of drug-likeness (QED) is 0.824. The lowest BCUT2D eigenvalue weighted by Crippen LogP contribution is -2.13. The summed E-state index contributed by atoms with van der Waals surface area (Å²) in [5, 5.41) is 12.1. The molecule has 0 aromatic heterocycles. The average Bonchev–Trinajstić information content (AvgIpc) is 3.48. The van der Waals surface area contributed by atoms with Crippen molar-refractivity contribution in [2.45, 2.75) is 31.1 Å². The summed E-state index contributed by atoms with van der Waals surface area (Å²) in [5.41, 5.74) is 2.34. The molecule has 0 radical (unpaired) electrons. The smallest absolute Gasteiger partial charge is 0.224 e. The molecular formula is C21H22N2O3. The monoisotopic (exact) mass is 350 g/mol. The number of hydrogen-bond donors (Lipinski definition) is 1. The summed E-state index contributed by atoms with van der Waals surface area (Å²) in [6.45, 7) is 0. The number of carbonyl (C=O) groups is 1. The lowest BCUT2D eigenvalue weighted by molar-refractivity contribution is -0.116. The number of carbonyl (C=O) groups excluding carboxylic acids is 1. The lowest BCUT2D eigenvalue weighted by atomic mass is 9.97. The van der Waals surface area contributed by atoms with Crippen molar-refractivity contribution in [3.05, 3.63) is 53.6 Å². The largest absolute Gasteiger partial charge is 0.496 e. The molecule has 134 valence electrons. The van der Waals surface area contributed by atoms with Crippen LogP contribution in [0.4, 0.5) is 5.69 Å². The van der Waals surface area contributed by atoms with Crippen LogP contribution in [-0.4, -0.2) is 20.1 Å². The number of amides is 1. The number of rotatable bonds is 7. The van der Waals surface area contributed by atoms with E-state index in [9.17, 15) is 10.1 Å². The van der Waals surface area contributed by atoms with Crippen LogP contribution in [0, 0.1) is 11.3 Å². The predicted molar refractivity (Wildman–Crippen MR) is 99.5 cm³/mol. The Balaban J connectivity index is 1.61. The van der Waals surface area contributed by atoms with Crippen LogP contribution in [0.2, 0.25) is 0 Å². The third-order valence-electron chi connectivity index (χ3n) is 4.82. The molecule has 26 heavy (non-hydrogen) atoms. The number of hydrogen-bond acceptors (Lipinski definition) is 4. The Morgan fingerprint density at radius 2 is 1.73 bits per heavy atom. The minimum Gasteiger partial charge on any atom is -0.496 e. The SMILES string of the molecule is COc1cccc(OC)c1CCC(=O)Nc1ccc(C2(C#N)CC2)cc1. The van der Waals surface area contributed by atoms with Crippen molar-refractivity contribution >= 4 is 11.6 Å². The third kappa shape index (κ3) is 3.65. The second kappa shape index (κ2) is 7.49. The zero-order valence-corrected chi connectivity index (χ0v) is 15.0. The molecule has 0 atom stereocenters. The number of anilines is 1. The van der Waals surface area contributed by atoms with Crippen LogP contribution in [-0.2, 0) is 16.6 Å². The Morgan fingerprint density at radius 3 is 2.23 bits per heavy atom. The summed E-state index contributed by atoms with van der Waals surface area (Å²) in [6, 6.07) is 15.5. The van der Waals surface area contributed by atoms with Gasteiger partial charge in [0.1, 0.15) is 11.5 Å². The van der Waals surface area contributed by atoms with Gasteiger partial charge >= 0.3 is 0 Å². The summed E-state index contributed by atoms with van der Waals surface area (Å²) in [6.07, 6.45) is 2.67. The van der Waals surface area contributed by atoms with Gasteiger partial charge in [0.15, 0.2) is 0 Å². The topological polar surface area (TPSA) is 71.3 Å². The Morgan fingerprint density at radius 1 is 1.12 bits per heavy atom. The number of nitrogens with zero attached hydrogens (tertiary/aromatic N) is 1. The van der Waals surface area contributed by atoms with Gasteiger partial charge in [-0.05, 0) is 49.1 Å². The molecule has 5 heteroatoms. The van der Waals surface area contributed by atoms with E-state index in [1.165, 1.54) is 0 Å². The van der Waals surface area contributed by atoms with E-state index in [4.69, 9.17) is 9.47 Å². The van der Waals surface area contributed by atoms with Crippen molar-refractivity contribution in [2.24, 2.45) is 0 Å². The highest BCUT2D eigenvalue weighted by molar-refractivity contribution is 5.91. The molecule has 0 saturated heterocycles. The Kier molecular flexibility index (Phi) is 5.13. The molecule has 0 heterocycles. The molecule has 1 N–H and O–H groups in total. The van der Waals surface area contributed by atoms with Gasteiger partial charge in [0.25, 0.3) is 0 Å². The molecule has 2 aromatic rings. The van der Waals surface area contributed by atoms with Crippen molar-refractivity contribution in [2.75, 3.05) is 19.5 Å². The van der Waals surface area contributed by atoms with E-state index in [-0.39, 0.29) is 11.3 Å². The van der Waals surface area contributed by atoms with Crippen LogP contribution in [0.15, 0.2) is 42.5 Å². The molecule has 0 spiro atoms. The van der Waals surface area contributed by atoms with Crippen molar-refractivity contribution in [3.63, 3.8) is 0 Å². The van der Waals surface area contributed by atoms with Crippen LogP contribution >= 0.6 is 0 Å².